The highest BCUT2D eigenvalue weighted by Gasteiger charge is 2.13. The van der Waals surface area contributed by atoms with Crippen LogP contribution in [0.5, 0.6) is 0 Å². The molecule has 0 spiro atoms. The molecule has 2 N–H and O–H groups in total. The molecular weight excluding hydrogens is 405 g/mol. The van der Waals surface area contributed by atoms with Crippen molar-refractivity contribution >= 4 is 46.6 Å². The fraction of sp³-hybridized carbons (Fsp3) is 0.0625. The molecule has 0 aliphatic heterocycles. The number of hydrogen-bond acceptors (Lipinski definition) is 4. The fourth-order valence-electron chi connectivity index (χ4n) is 2.02. The molecule has 0 unspecified atom stereocenters. The number of halogens is 4. The van der Waals surface area contributed by atoms with Gasteiger partial charge in [0, 0.05) is 16.7 Å². The van der Waals surface area contributed by atoms with E-state index in [1.807, 2.05) is 0 Å². The van der Waals surface area contributed by atoms with E-state index in [1.165, 1.54) is 0 Å². The summed E-state index contributed by atoms with van der Waals surface area (Å²) >= 11 is 13.0. The van der Waals surface area contributed by atoms with Crippen molar-refractivity contribution in [2.75, 3.05) is 11.1 Å². The molecule has 134 valence electrons. The maximum atomic E-state index is 13.5. The molecule has 0 bridgehead atoms. The first-order chi connectivity index (χ1) is 12.4. The smallest absolute Gasteiger partial charge is 0.234 e. The summed E-state index contributed by atoms with van der Waals surface area (Å²) in [7, 11) is 0. The van der Waals surface area contributed by atoms with Gasteiger partial charge in [0.15, 0.2) is 5.82 Å². The second kappa shape index (κ2) is 8.03. The van der Waals surface area contributed by atoms with Crippen LogP contribution in [0.1, 0.15) is 0 Å². The third kappa shape index (κ3) is 4.51. The van der Waals surface area contributed by atoms with Gasteiger partial charge in [0.25, 0.3) is 0 Å². The number of amides is 1. The molecule has 0 radical (unpaired) electrons. The maximum absolute atomic E-state index is 13.5. The van der Waals surface area contributed by atoms with E-state index in [0.29, 0.717) is 32.7 Å². The third-order valence-electron chi connectivity index (χ3n) is 3.19. The standard InChI is InChI=1S/C16H10Cl2F2N4OS/c17-8-1-3-10(11(18)5-8)15-22-16(24-23-15)26-7-14(25)21-13-4-2-9(19)6-12(13)20/h1-6H,7H2,(H,21,25)(H,22,23,24). The molecule has 1 aromatic heterocycles. The number of hydrogen-bond donors (Lipinski definition) is 2. The Hall–Kier alpha value is -2.16. The number of nitrogens with one attached hydrogen (secondary N) is 2. The summed E-state index contributed by atoms with van der Waals surface area (Å²) in [4.78, 5) is 16.1. The zero-order chi connectivity index (χ0) is 18.7. The predicted molar refractivity (Wildman–Crippen MR) is 97.6 cm³/mol. The van der Waals surface area contributed by atoms with Crippen LogP contribution in [0.3, 0.4) is 0 Å². The van der Waals surface area contributed by atoms with Gasteiger partial charge in [-0.2, -0.15) is 0 Å². The number of aromatic nitrogens is 3. The number of benzene rings is 2. The number of aromatic amines is 1. The first-order valence-electron chi connectivity index (χ1n) is 7.18. The molecule has 0 atom stereocenters. The number of nitrogens with zero attached hydrogens (tertiary/aromatic N) is 2. The van der Waals surface area contributed by atoms with Crippen molar-refractivity contribution in [3.63, 3.8) is 0 Å². The summed E-state index contributed by atoms with van der Waals surface area (Å²) < 4.78 is 26.4. The van der Waals surface area contributed by atoms with Crippen LogP contribution in [0.2, 0.25) is 10.0 Å². The zero-order valence-corrected chi connectivity index (χ0v) is 15.2. The summed E-state index contributed by atoms with van der Waals surface area (Å²) in [6, 6.07) is 7.86. The second-order valence-corrected chi connectivity index (χ2v) is 6.84. The van der Waals surface area contributed by atoms with E-state index in [0.717, 1.165) is 23.9 Å². The van der Waals surface area contributed by atoms with Crippen LogP contribution in [0.15, 0.2) is 41.6 Å². The number of carbonyl (C=O) groups excluding carboxylic acids is 1. The number of anilines is 1. The van der Waals surface area contributed by atoms with E-state index in [2.05, 4.69) is 20.5 Å². The Morgan fingerprint density at radius 3 is 2.73 bits per heavy atom. The lowest BCUT2D eigenvalue weighted by Crippen LogP contribution is -2.15. The van der Waals surface area contributed by atoms with E-state index < -0.39 is 17.5 Å². The molecule has 10 heteroatoms. The SMILES string of the molecule is O=C(CSc1n[nH]c(-c2ccc(Cl)cc2Cl)n1)Nc1ccc(F)cc1F. The van der Waals surface area contributed by atoms with Crippen LogP contribution in [-0.4, -0.2) is 26.8 Å². The Kier molecular flexibility index (Phi) is 5.75. The largest absolute Gasteiger partial charge is 0.323 e. The molecule has 5 nitrogen and oxygen atoms in total. The Labute approximate surface area is 161 Å². The van der Waals surface area contributed by atoms with Gasteiger partial charge < -0.3 is 5.32 Å². The molecule has 3 rings (SSSR count). The molecule has 1 heterocycles. The topological polar surface area (TPSA) is 70.7 Å². The molecule has 0 aliphatic rings. The molecule has 0 saturated carbocycles. The summed E-state index contributed by atoms with van der Waals surface area (Å²) in [5.41, 5.74) is 0.522. The Bertz CT molecular complexity index is 967. The van der Waals surface area contributed by atoms with Crippen LogP contribution >= 0.6 is 35.0 Å². The average molecular weight is 415 g/mol. The molecule has 3 aromatic rings. The van der Waals surface area contributed by atoms with Gasteiger partial charge in [0.2, 0.25) is 11.1 Å². The van der Waals surface area contributed by atoms with E-state index in [-0.39, 0.29) is 11.4 Å². The fourth-order valence-corrected chi connectivity index (χ4v) is 3.12. The minimum atomic E-state index is -0.846. The lowest BCUT2D eigenvalue weighted by molar-refractivity contribution is -0.113. The first-order valence-corrected chi connectivity index (χ1v) is 8.92. The molecule has 0 aliphatic carbocycles. The number of thioether (sulfide) groups is 1. The highest BCUT2D eigenvalue weighted by Crippen LogP contribution is 2.29. The van der Waals surface area contributed by atoms with Crippen molar-refractivity contribution in [2.24, 2.45) is 0 Å². The van der Waals surface area contributed by atoms with Crippen molar-refractivity contribution in [3.8, 4) is 11.4 Å². The second-order valence-electron chi connectivity index (χ2n) is 5.05. The number of rotatable bonds is 5. The average Bonchev–Trinajstić information content (AvgIpc) is 3.04. The van der Waals surface area contributed by atoms with Crippen LogP contribution in [-0.2, 0) is 4.79 Å². The quantitative estimate of drug-likeness (QED) is 0.588. The van der Waals surface area contributed by atoms with Crippen LogP contribution in [0, 0.1) is 11.6 Å². The van der Waals surface area contributed by atoms with Gasteiger partial charge in [0.05, 0.1) is 16.5 Å². The van der Waals surface area contributed by atoms with Crippen molar-refractivity contribution in [2.45, 2.75) is 5.16 Å². The molecule has 26 heavy (non-hydrogen) atoms. The summed E-state index contributed by atoms with van der Waals surface area (Å²) in [6.45, 7) is 0. The highest BCUT2D eigenvalue weighted by molar-refractivity contribution is 7.99. The van der Waals surface area contributed by atoms with Gasteiger partial charge in [-0.05, 0) is 30.3 Å². The minimum Gasteiger partial charge on any atom is -0.323 e. The van der Waals surface area contributed by atoms with Gasteiger partial charge in [-0.1, -0.05) is 35.0 Å². The van der Waals surface area contributed by atoms with E-state index >= 15 is 0 Å². The van der Waals surface area contributed by atoms with Crippen molar-refractivity contribution in [1.82, 2.24) is 15.2 Å². The van der Waals surface area contributed by atoms with Gasteiger partial charge in [0.1, 0.15) is 11.6 Å². The maximum Gasteiger partial charge on any atom is 0.234 e. The number of carbonyl (C=O) groups is 1. The molecule has 0 fully saturated rings. The Balaban J connectivity index is 1.61. The molecule has 2 aromatic carbocycles. The molecule has 0 saturated heterocycles. The highest BCUT2D eigenvalue weighted by atomic mass is 35.5. The third-order valence-corrected chi connectivity index (χ3v) is 4.58. The monoisotopic (exact) mass is 414 g/mol. The summed E-state index contributed by atoms with van der Waals surface area (Å²) in [6.07, 6.45) is 0. The lowest BCUT2D eigenvalue weighted by atomic mass is 10.2. The minimum absolute atomic E-state index is 0.0531. The molecular formula is C16H10Cl2F2N4OS. The van der Waals surface area contributed by atoms with E-state index in [9.17, 15) is 13.6 Å². The van der Waals surface area contributed by atoms with Gasteiger partial charge in [-0.25, -0.2) is 13.8 Å². The Morgan fingerprint density at radius 1 is 1.19 bits per heavy atom. The van der Waals surface area contributed by atoms with Crippen molar-refractivity contribution in [1.29, 1.82) is 0 Å². The van der Waals surface area contributed by atoms with Crippen LogP contribution in [0.4, 0.5) is 14.5 Å². The Morgan fingerprint density at radius 2 is 2.00 bits per heavy atom. The van der Waals surface area contributed by atoms with Gasteiger partial charge in [-0.15, -0.1) is 5.10 Å². The zero-order valence-electron chi connectivity index (χ0n) is 12.9. The van der Waals surface area contributed by atoms with Crippen LogP contribution in [0.25, 0.3) is 11.4 Å². The van der Waals surface area contributed by atoms with Crippen molar-refractivity contribution in [3.05, 3.63) is 58.1 Å². The molecule has 1 amide bonds. The summed E-state index contributed by atoms with van der Waals surface area (Å²) in [5, 5.41) is 10.3. The van der Waals surface area contributed by atoms with Gasteiger partial charge >= 0.3 is 0 Å². The lowest BCUT2D eigenvalue weighted by Gasteiger charge is -2.05. The van der Waals surface area contributed by atoms with Crippen LogP contribution < -0.4 is 5.32 Å². The van der Waals surface area contributed by atoms with E-state index in [4.69, 9.17) is 23.2 Å². The van der Waals surface area contributed by atoms with E-state index in [1.54, 1.807) is 18.2 Å². The number of H-pyrrole nitrogens is 1. The summed E-state index contributed by atoms with van der Waals surface area (Å²) in [5.74, 6) is -1.66. The predicted octanol–water partition coefficient (Wildman–Crippen LogP) is 4.79. The van der Waals surface area contributed by atoms with Crippen molar-refractivity contribution < 1.29 is 13.6 Å². The normalized spacial score (nSPS) is 10.8. The van der Waals surface area contributed by atoms with Gasteiger partial charge in [-0.3, -0.25) is 9.89 Å². The first kappa shape index (κ1) is 18.6.